The summed E-state index contributed by atoms with van der Waals surface area (Å²) in [4.78, 5) is 36.2. The van der Waals surface area contributed by atoms with E-state index in [1.54, 1.807) is 6.20 Å². The number of piperidine rings is 1. The number of imide groups is 1. The number of nitrogens with zero attached hydrogens (tertiary/aromatic N) is 4. The van der Waals surface area contributed by atoms with Crippen LogP contribution in [0.5, 0.6) is 5.75 Å². The molecule has 4 heterocycles. The number of carbonyl (C=O) groups is 2. The lowest BCUT2D eigenvalue weighted by molar-refractivity contribution is -0.134. The molecule has 204 valence electrons. The van der Waals surface area contributed by atoms with Gasteiger partial charge in [-0.2, -0.15) is 0 Å². The number of benzene rings is 1. The highest BCUT2D eigenvalue weighted by Gasteiger charge is 2.39. The van der Waals surface area contributed by atoms with Crippen LogP contribution in [0.25, 0.3) is 11.5 Å². The smallest absolute Gasteiger partial charge is 0.235 e. The molecule has 2 aliphatic heterocycles. The third kappa shape index (κ3) is 4.98. The van der Waals surface area contributed by atoms with Gasteiger partial charge in [0.1, 0.15) is 11.4 Å². The standard InChI is InChI=1S/C31H37N5O3/c1-31(2)28-21(19-36(31)18-20-9-12-23(13-10-20)39-22-7-5-4-6-8-22)11-15-25(33-28)29-32-17-26(35(29)3)24-14-16-27(37)34-30(24)38/h9-13,15,17,22,24H,4-8,14,16,18-19H2,1-3H3,(H,34,37,38). The van der Waals surface area contributed by atoms with E-state index in [0.29, 0.717) is 18.9 Å². The predicted molar refractivity (Wildman–Crippen MR) is 148 cm³/mol. The molecule has 1 aliphatic carbocycles. The molecule has 8 nitrogen and oxygen atoms in total. The molecule has 1 N–H and O–H groups in total. The van der Waals surface area contributed by atoms with E-state index in [9.17, 15) is 9.59 Å². The molecule has 1 saturated heterocycles. The monoisotopic (exact) mass is 527 g/mol. The fraction of sp³-hybridized carbons (Fsp3) is 0.484. The second kappa shape index (κ2) is 10.2. The largest absolute Gasteiger partial charge is 0.490 e. The number of aromatic nitrogens is 3. The Bertz CT molecular complexity index is 1390. The minimum atomic E-state index is -0.380. The quantitative estimate of drug-likeness (QED) is 0.456. The Morgan fingerprint density at radius 1 is 1.03 bits per heavy atom. The van der Waals surface area contributed by atoms with E-state index < -0.39 is 0 Å². The number of ether oxygens (including phenoxy) is 1. The van der Waals surface area contributed by atoms with Crippen LogP contribution >= 0.6 is 0 Å². The molecule has 1 saturated carbocycles. The van der Waals surface area contributed by atoms with Gasteiger partial charge in [-0.05, 0) is 75.3 Å². The maximum atomic E-state index is 12.4. The van der Waals surface area contributed by atoms with Gasteiger partial charge in [-0.3, -0.25) is 19.8 Å². The number of fused-ring (bicyclic) bond motifs is 1. The van der Waals surface area contributed by atoms with Crippen LogP contribution in [0.2, 0.25) is 0 Å². The average Bonchev–Trinajstić information content (AvgIpc) is 3.42. The number of imidazole rings is 1. The summed E-state index contributed by atoms with van der Waals surface area (Å²) < 4.78 is 8.16. The molecule has 0 radical (unpaired) electrons. The van der Waals surface area contributed by atoms with Crippen molar-refractivity contribution in [2.45, 2.75) is 89.4 Å². The summed E-state index contributed by atoms with van der Waals surface area (Å²) >= 11 is 0. The summed E-state index contributed by atoms with van der Waals surface area (Å²) in [6.07, 6.45) is 9.12. The fourth-order valence-corrected chi connectivity index (χ4v) is 6.31. The van der Waals surface area contributed by atoms with Crippen LogP contribution < -0.4 is 10.1 Å². The number of hydrogen-bond donors (Lipinski definition) is 1. The topological polar surface area (TPSA) is 89.3 Å². The number of pyridine rings is 1. The Kier molecular flexibility index (Phi) is 6.75. The summed E-state index contributed by atoms with van der Waals surface area (Å²) in [5.74, 6) is 0.838. The van der Waals surface area contributed by atoms with Crippen molar-refractivity contribution in [1.29, 1.82) is 0 Å². The molecular formula is C31H37N5O3. The van der Waals surface area contributed by atoms with Gasteiger partial charge in [0, 0.05) is 38.4 Å². The number of rotatable bonds is 6. The molecule has 3 aromatic rings. The number of hydrogen-bond acceptors (Lipinski definition) is 6. The highest BCUT2D eigenvalue weighted by molar-refractivity contribution is 6.00. The van der Waals surface area contributed by atoms with E-state index in [1.165, 1.54) is 30.4 Å². The average molecular weight is 528 g/mol. The molecule has 2 fully saturated rings. The van der Waals surface area contributed by atoms with Crippen molar-refractivity contribution in [2.75, 3.05) is 0 Å². The molecule has 39 heavy (non-hydrogen) atoms. The Morgan fingerprint density at radius 3 is 2.54 bits per heavy atom. The fourth-order valence-electron chi connectivity index (χ4n) is 6.31. The van der Waals surface area contributed by atoms with Crippen molar-refractivity contribution in [3.8, 4) is 17.3 Å². The molecule has 2 amide bonds. The van der Waals surface area contributed by atoms with Crippen molar-refractivity contribution in [2.24, 2.45) is 7.05 Å². The highest BCUT2D eigenvalue weighted by Crippen LogP contribution is 2.40. The van der Waals surface area contributed by atoms with Gasteiger partial charge < -0.3 is 9.30 Å². The molecule has 8 heteroatoms. The van der Waals surface area contributed by atoms with Crippen molar-refractivity contribution < 1.29 is 14.3 Å². The molecular weight excluding hydrogens is 490 g/mol. The Morgan fingerprint density at radius 2 is 1.79 bits per heavy atom. The Balaban J connectivity index is 1.17. The molecule has 1 atom stereocenters. The molecule has 6 rings (SSSR count). The van der Waals surface area contributed by atoms with Gasteiger partial charge in [-0.15, -0.1) is 0 Å². The molecule has 2 aromatic heterocycles. The molecule has 1 unspecified atom stereocenters. The second-order valence-electron chi connectivity index (χ2n) is 11.7. The maximum Gasteiger partial charge on any atom is 0.235 e. The molecule has 3 aliphatic rings. The van der Waals surface area contributed by atoms with Gasteiger partial charge >= 0.3 is 0 Å². The van der Waals surface area contributed by atoms with E-state index in [4.69, 9.17) is 9.72 Å². The van der Waals surface area contributed by atoms with Crippen LogP contribution in [0.4, 0.5) is 0 Å². The first-order chi connectivity index (χ1) is 18.8. The summed E-state index contributed by atoms with van der Waals surface area (Å²) in [7, 11) is 1.91. The van der Waals surface area contributed by atoms with E-state index in [1.807, 2.05) is 17.7 Å². The molecule has 0 spiro atoms. The van der Waals surface area contributed by atoms with Crippen molar-refractivity contribution in [3.63, 3.8) is 0 Å². The van der Waals surface area contributed by atoms with E-state index in [0.717, 1.165) is 54.6 Å². The minimum Gasteiger partial charge on any atom is -0.490 e. The zero-order valence-corrected chi connectivity index (χ0v) is 23.1. The SMILES string of the molecule is Cn1c(C2CCC(=O)NC2=O)cnc1-c1ccc2c(n1)C(C)(C)N(Cc1ccc(OC3CCCCC3)cc1)C2. The summed E-state index contributed by atoms with van der Waals surface area (Å²) in [5.41, 5.74) is 4.87. The van der Waals surface area contributed by atoms with Crippen LogP contribution in [0.1, 0.15) is 87.2 Å². The van der Waals surface area contributed by atoms with E-state index in [-0.39, 0.29) is 23.3 Å². The Labute approximate surface area is 229 Å². The first-order valence-corrected chi connectivity index (χ1v) is 14.2. The number of carbonyl (C=O) groups excluding carboxylic acids is 2. The maximum absolute atomic E-state index is 12.4. The summed E-state index contributed by atoms with van der Waals surface area (Å²) in [5, 5.41) is 2.45. The van der Waals surface area contributed by atoms with Crippen molar-refractivity contribution in [3.05, 3.63) is 65.1 Å². The minimum absolute atomic E-state index is 0.213. The lowest BCUT2D eigenvalue weighted by Gasteiger charge is -2.32. The van der Waals surface area contributed by atoms with E-state index in [2.05, 4.69) is 59.4 Å². The van der Waals surface area contributed by atoms with Gasteiger partial charge in [-0.1, -0.05) is 24.6 Å². The zero-order chi connectivity index (χ0) is 27.1. The van der Waals surface area contributed by atoms with Crippen LogP contribution in [0.3, 0.4) is 0 Å². The van der Waals surface area contributed by atoms with Crippen molar-refractivity contribution >= 4 is 11.8 Å². The Hall–Kier alpha value is -3.52. The normalized spacial score (nSPS) is 21.6. The predicted octanol–water partition coefficient (Wildman–Crippen LogP) is 4.96. The first-order valence-electron chi connectivity index (χ1n) is 14.2. The summed E-state index contributed by atoms with van der Waals surface area (Å²) in [6.45, 7) is 6.11. The zero-order valence-electron chi connectivity index (χ0n) is 23.1. The number of nitrogens with one attached hydrogen (secondary N) is 1. The van der Waals surface area contributed by atoms with Gasteiger partial charge in [-0.25, -0.2) is 9.97 Å². The highest BCUT2D eigenvalue weighted by atomic mass is 16.5. The van der Waals surface area contributed by atoms with E-state index >= 15 is 0 Å². The van der Waals surface area contributed by atoms with Crippen LogP contribution in [0.15, 0.2) is 42.6 Å². The molecule has 0 bridgehead atoms. The third-order valence-electron chi connectivity index (χ3n) is 8.71. The lowest BCUT2D eigenvalue weighted by atomic mass is 9.95. The second-order valence-corrected chi connectivity index (χ2v) is 11.7. The van der Waals surface area contributed by atoms with Crippen LogP contribution in [-0.2, 0) is 35.3 Å². The van der Waals surface area contributed by atoms with Gasteiger partial charge in [0.15, 0.2) is 5.82 Å². The van der Waals surface area contributed by atoms with Crippen LogP contribution in [0, 0.1) is 0 Å². The summed E-state index contributed by atoms with van der Waals surface area (Å²) in [6, 6.07) is 12.8. The lowest BCUT2D eigenvalue weighted by Crippen LogP contribution is -2.40. The van der Waals surface area contributed by atoms with Crippen LogP contribution in [-0.4, -0.2) is 37.4 Å². The third-order valence-corrected chi connectivity index (χ3v) is 8.71. The number of amides is 2. The molecule has 1 aromatic carbocycles. The van der Waals surface area contributed by atoms with Crippen molar-refractivity contribution in [1.82, 2.24) is 24.8 Å². The van der Waals surface area contributed by atoms with Gasteiger partial charge in [0.2, 0.25) is 11.8 Å². The van der Waals surface area contributed by atoms with Gasteiger partial charge in [0.25, 0.3) is 0 Å². The van der Waals surface area contributed by atoms with Gasteiger partial charge in [0.05, 0.1) is 23.3 Å². The first kappa shape index (κ1) is 25.7.